The largest absolute Gasteiger partial charge is 0.378 e. The predicted octanol–water partition coefficient (Wildman–Crippen LogP) is 0.928. The third-order valence-electron chi connectivity index (χ3n) is 5.03. The minimum Gasteiger partial charge on any atom is -0.378 e. The van der Waals surface area contributed by atoms with Crippen LogP contribution in [0, 0.1) is 11.8 Å². The second-order valence-corrected chi connectivity index (χ2v) is 6.64. The Morgan fingerprint density at radius 1 is 1.12 bits per heavy atom. The second kappa shape index (κ2) is 7.42. The summed E-state index contributed by atoms with van der Waals surface area (Å²) in [6.07, 6.45) is 1.70. The van der Waals surface area contributed by atoms with Crippen molar-refractivity contribution in [3.8, 4) is 0 Å². The topological polar surface area (TPSA) is 71.5 Å². The Morgan fingerprint density at radius 3 is 2.50 bits per heavy atom. The molecule has 7 nitrogen and oxygen atoms in total. The van der Waals surface area contributed by atoms with Crippen molar-refractivity contribution in [3.63, 3.8) is 0 Å². The van der Waals surface area contributed by atoms with Crippen molar-refractivity contribution in [1.82, 2.24) is 20.1 Å². The molecule has 1 aromatic rings. The fourth-order valence-corrected chi connectivity index (χ4v) is 3.53. The van der Waals surface area contributed by atoms with Gasteiger partial charge in [-0.15, -0.1) is 5.10 Å². The fourth-order valence-electron chi connectivity index (χ4n) is 3.53. The minimum atomic E-state index is 0.00243. The molecule has 0 spiro atoms. The van der Waals surface area contributed by atoms with Crippen LogP contribution < -0.4 is 4.90 Å². The maximum Gasteiger partial charge on any atom is 0.245 e. The molecule has 2 saturated heterocycles. The molecule has 0 bridgehead atoms. The van der Waals surface area contributed by atoms with Gasteiger partial charge in [0.05, 0.1) is 30.5 Å². The molecule has 7 heteroatoms. The zero-order chi connectivity index (χ0) is 17.1. The van der Waals surface area contributed by atoms with Gasteiger partial charge in [0.1, 0.15) is 0 Å². The van der Waals surface area contributed by atoms with Crippen LogP contribution >= 0.6 is 0 Å². The number of morpholine rings is 1. The Balaban J connectivity index is 1.72. The van der Waals surface area contributed by atoms with E-state index in [1.165, 1.54) is 0 Å². The number of carbonyl (C=O) groups is 1. The zero-order valence-corrected chi connectivity index (χ0v) is 14.9. The van der Waals surface area contributed by atoms with Crippen LogP contribution in [-0.4, -0.2) is 65.4 Å². The van der Waals surface area contributed by atoms with Crippen LogP contribution in [0.1, 0.15) is 32.2 Å². The van der Waals surface area contributed by atoms with Gasteiger partial charge in [-0.25, -0.2) is 4.98 Å². The number of rotatable bonds is 4. The lowest BCUT2D eigenvalue weighted by molar-refractivity contribution is -0.140. The number of nitrogens with zero attached hydrogens (tertiary/aromatic N) is 5. The Morgan fingerprint density at radius 2 is 1.83 bits per heavy atom. The summed E-state index contributed by atoms with van der Waals surface area (Å²) < 4.78 is 5.34. The number of aryl methyl sites for hydroxylation is 2. The first-order valence-corrected chi connectivity index (χ1v) is 8.98. The quantitative estimate of drug-likeness (QED) is 0.816. The van der Waals surface area contributed by atoms with Crippen LogP contribution in [0.25, 0.3) is 0 Å². The SMILES string of the molecule is CCc1nnc(N2C[C@@H](C)[C@H](C(=O)N3CCOCC3)C2)nc1CC. The van der Waals surface area contributed by atoms with E-state index in [2.05, 4.69) is 35.9 Å². The first kappa shape index (κ1) is 17.1. The lowest BCUT2D eigenvalue weighted by Gasteiger charge is -2.30. The third-order valence-corrected chi connectivity index (χ3v) is 5.03. The van der Waals surface area contributed by atoms with Crippen molar-refractivity contribution < 1.29 is 9.53 Å². The molecule has 0 aromatic carbocycles. The molecular formula is C17H27N5O2. The summed E-state index contributed by atoms with van der Waals surface area (Å²) in [5, 5.41) is 8.63. The number of aromatic nitrogens is 3. The molecule has 2 fully saturated rings. The van der Waals surface area contributed by atoms with E-state index < -0.39 is 0 Å². The van der Waals surface area contributed by atoms with Crippen molar-refractivity contribution in [2.75, 3.05) is 44.3 Å². The van der Waals surface area contributed by atoms with Gasteiger partial charge in [0.25, 0.3) is 0 Å². The van der Waals surface area contributed by atoms with Gasteiger partial charge in [-0.05, 0) is 18.8 Å². The molecule has 1 amide bonds. The summed E-state index contributed by atoms with van der Waals surface area (Å²) in [6.45, 7) is 10.5. The molecule has 1 aromatic heterocycles. The lowest BCUT2D eigenvalue weighted by Crippen LogP contribution is -2.45. The van der Waals surface area contributed by atoms with Gasteiger partial charge in [-0.2, -0.15) is 5.10 Å². The average Bonchev–Trinajstić information content (AvgIpc) is 3.03. The maximum atomic E-state index is 12.8. The van der Waals surface area contributed by atoms with Gasteiger partial charge in [0.2, 0.25) is 11.9 Å². The summed E-state index contributed by atoms with van der Waals surface area (Å²) in [7, 11) is 0. The van der Waals surface area contributed by atoms with E-state index in [0.29, 0.717) is 44.7 Å². The fraction of sp³-hybridized carbons (Fsp3) is 0.765. The Hall–Kier alpha value is -1.76. The first-order valence-electron chi connectivity index (χ1n) is 8.98. The van der Waals surface area contributed by atoms with Crippen molar-refractivity contribution in [1.29, 1.82) is 0 Å². The number of carbonyl (C=O) groups excluding carboxylic acids is 1. The average molecular weight is 333 g/mol. The van der Waals surface area contributed by atoms with E-state index in [1.54, 1.807) is 0 Å². The van der Waals surface area contributed by atoms with Crippen LogP contribution in [0.4, 0.5) is 5.95 Å². The minimum absolute atomic E-state index is 0.00243. The third kappa shape index (κ3) is 3.36. The summed E-state index contributed by atoms with van der Waals surface area (Å²) in [6, 6.07) is 0. The van der Waals surface area contributed by atoms with E-state index >= 15 is 0 Å². The summed E-state index contributed by atoms with van der Waals surface area (Å²) in [4.78, 5) is 21.5. The first-order chi connectivity index (χ1) is 11.6. The van der Waals surface area contributed by atoms with Gasteiger partial charge in [-0.3, -0.25) is 4.79 Å². The van der Waals surface area contributed by atoms with Gasteiger partial charge in [0, 0.05) is 26.2 Å². The molecule has 2 aliphatic rings. The molecule has 3 rings (SSSR count). The molecule has 2 aliphatic heterocycles. The zero-order valence-electron chi connectivity index (χ0n) is 14.9. The summed E-state index contributed by atoms with van der Waals surface area (Å²) >= 11 is 0. The van der Waals surface area contributed by atoms with Crippen molar-refractivity contribution in [2.24, 2.45) is 11.8 Å². The highest BCUT2D eigenvalue weighted by Crippen LogP contribution is 2.28. The molecule has 24 heavy (non-hydrogen) atoms. The number of ether oxygens (including phenoxy) is 1. The number of hydrogen-bond acceptors (Lipinski definition) is 6. The van der Waals surface area contributed by atoms with Crippen LogP contribution in [0.15, 0.2) is 0 Å². The Bertz CT molecular complexity index is 588. The summed E-state index contributed by atoms with van der Waals surface area (Å²) in [5.74, 6) is 1.19. The van der Waals surface area contributed by atoms with Crippen molar-refractivity contribution in [2.45, 2.75) is 33.6 Å². The molecule has 0 unspecified atom stereocenters. The molecule has 0 N–H and O–H groups in total. The van der Waals surface area contributed by atoms with Gasteiger partial charge < -0.3 is 14.5 Å². The van der Waals surface area contributed by atoms with Crippen LogP contribution in [0.3, 0.4) is 0 Å². The molecule has 0 radical (unpaired) electrons. The smallest absolute Gasteiger partial charge is 0.245 e. The lowest BCUT2D eigenvalue weighted by atomic mass is 9.96. The van der Waals surface area contributed by atoms with Gasteiger partial charge in [-0.1, -0.05) is 20.8 Å². The molecule has 132 valence electrons. The number of hydrogen-bond donors (Lipinski definition) is 0. The van der Waals surface area contributed by atoms with E-state index in [1.807, 2.05) is 4.90 Å². The van der Waals surface area contributed by atoms with E-state index in [4.69, 9.17) is 9.72 Å². The molecule has 2 atom stereocenters. The monoisotopic (exact) mass is 333 g/mol. The Kier molecular flexibility index (Phi) is 5.28. The number of amides is 1. The molecule has 0 aliphatic carbocycles. The highest BCUT2D eigenvalue weighted by atomic mass is 16.5. The van der Waals surface area contributed by atoms with Gasteiger partial charge >= 0.3 is 0 Å². The number of anilines is 1. The molecule has 3 heterocycles. The molecule has 0 saturated carbocycles. The summed E-state index contributed by atoms with van der Waals surface area (Å²) in [5.41, 5.74) is 1.98. The highest BCUT2D eigenvalue weighted by molar-refractivity contribution is 5.80. The second-order valence-electron chi connectivity index (χ2n) is 6.64. The van der Waals surface area contributed by atoms with E-state index in [-0.39, 0.29) is 11.8 Å². The van der Waals surface area contributed by atoms with Crippen LogP contribution in [-0.2, 0) is 22.4 Å². The van der Waals surface area contributed by atoms with E-state index in [9.17, 15) is 4.79 Å². The predicted molar refractivity (Wildman–Crippen MR) is 90.8 cm³/mol. The van der Waals surface area contributed by atoms with Crippen molar-refractivity contribution in [3.05, 3.63) is 11.4 Å². The molecular weight excluding hydrogens is 306 g/mol. The Labute approximate surface area is 143 Å². The van der Waals surface area contributed by atoms with Crippen LogP contribution in [0.5, 0.6) is 0 Å². The van der Waals surface area contributed by atoms with E-state index in [0.717, 1.165) is 30.8 Å². The highest BCUT2D eigenvalue weighted by Gasteiger charge is 2.38. The normalized spacial score (nSPS) is 24.5. The maximum absolute atomic E-state index is 12.8. The van der Waals surface area contributed by atoms with Crippen LogP contribution in [0.2, 0.25) is 0 Å². The van der Waals surface area contributed by atoms with Gasteiger partial charge in [0.15, 0.2) is 0 Å². The standard InChI is InChI=1S/C17H27N5O2/c1-4-14-15(5-2)19-20-17(18-14)22-10-12(3)13(11-22)16(23)21-6-8-24-9-7-21/h12-13H,4-11H2,1-3H3/t12-,13-/m1/s1. The van der Waals surface area contributed by atoms with Crippen molar-refractivity contribution >= 4 is 11.9 Å².